The fourth-order valence-corrected chi connectivity index (χ4v) is 0.258. The van der Waals surface area contributed by atoms with Crippen molar-refractivity contribution >= 4 is 8.03 Å². The molecular weight excluding hydrogens is 157 g/mol. The zero-order valence-electron chi connectivity index (χ0n) is 4.50. The third-order valence-corrected chi connectivity index (χ3v) is 1.01. The van der Waals surface area contributed by atoms with Crippen LogP contribution >= 0.6 is 8.03 Å². The molecule has 2 atom stereocenters. The smallest absolute Gasteiger partial charge is 0.593 e. The second kappa shape index (κ2) is 6.49. The van der Waals surface area contributed by atoms with Crippen LogP contribution in [0.1, 0.15) is 0 Å². The molecule has 0 rings (SSSR count). The van der Waals surface area contributed by atoms with Crippen LogP contribution in [0.4, 0.5) is 4.39 Å². The van der Waals surface area contributed by atoms with Gasteiger partial charge in [0.25, 0.3) is 0 Å². The summed E-state index contributed by atoms with van der Waals surface area (Å²) in [4.78, 5) is 9.52. The van der Waals surface area contributed by atoms with Gasteiger partial charge < -0.3 is 4.89 Å². The largest absolute Gasteiger partial charge is 1.00 e. The molecule has 0 aliphatic heterocycles. The summed E-state index contributed by atoms with van der Waals surface area (Å²) in [5, 5.41) is 0. The molecule has 0 fully saturated rings. The predicted molar refractivity (Wildman–Crippen MR) is 22.7 cm³/mol. The zero-order valence-corrected chi connectivity index (χ0v) is 8.52. The van der Waals surface area contributed by atoms with Crippen LogP contribution < -0.4 is 56.3 Å². The van der Waals surface area contributed by atoms with Gasteiger partial charge >= 0.3 is 65.3 Å². The minimum atomic E-state index is -2.95. The van der Waals surface area contributed by atoms with Crippen LogP contribution in [0.5, 0.6) is 0 Å². The molecule has 0 saturated heterocycles. The first-order valence-electron chi connectivity index (χ1n) is 1.58. The molecule has 0 aromatic carbocycles. The van der Waals surface area contributed by atoms with Crippen LogP contribution in [0, 0.1) is 0 Å². The van der Waals surface area contributed by atoms with E-state index in [9.17, 15) is 13.8 Å². The molecule has 0 amide bonds. The monoisotopic (exact) mass is 161 g/mol. The van der Waals surface area contributed by atoms with Gasteiger partial charge in [-0.2, -0.15) is 4.39 Å². The summed E-state index contributed by atoms with van der Waals surface area (Å²) in [6.07, 6.45) is 0.728. The molecule has 0 spiro atoms. The van der Waals surface area contributed by atoms with Gasteiger partial charge in [0.2, 0.25) is 0 Å². The van der Waals surface area contributed by atoms with Crippen molar-refractivity contribution < 1.29 is 65.2 Å². The van der Waals surface area contributed by atoms with E-state index in [1.54, 1.807) is 0 Å². The van der Waals surface area contributed by atoms with Crippen molar-refractivity contribution in [3.8, 4) is 0 Å². The Bertz CT molecular complexity index is 97.3. The molecule has 2 unspecified atom stereocenters. The van der Waals surface area contributed by atoms with E-state index in [1.807, 2.05) is 0 Å². The topological polar surface area (TPSA) is 40.1 Å². The van der Waals surface area contributed by atoms with Crippen LogP contribution in [0.3, 0.4) is 0 Å². The van der Waals surface area contributed by atoms with Gasteiger partial charge in [0.05, 0.1) is 0 Å². The van der Waals surface area contributed by atoms with Crippen molar-refractivity contribution in [3.05, 3.63) is 12.7 Å². The number of hydrogen-bond acceptors (Lipinski definition) is 2. The number of halogens is 1. The first-order valence-corrected chi connectivity index (χ1v) is 2.83. The Hall–Kier alpha value is 1.37. The van der Waals surface area contributed by atoms with Crippen molar-refractivity contribution in [2.24, 2.45) is 0 Å². The average Bonchev–Trinajstić information content (AvgIpc) is 1.65. The molecule has 0 N–H and O–H groups in total. The Kier molecular flexibility index (Phi) is 9.80. The number of hydrogen-bond donors (Lipinski definition) is 0. The van der Waals surface area contributed by atoms with E-state index in [-0.39, 0.29) is 51.4 Å². The van der Waals surface area contributed by atoms with E-state index in [4.69, 9.17) is 0 Å². The van der Waals surface area contributed by atoms with Crippen LogP contribution in [0.2, 0.25) is 0 Å². The molecule has 0 heterocycles. The number of allylic oxidation sites excluding steroid dienone is 1. The third kappa shape index (κ3) is 5.50. The van der Waals surface area contributed by atoms with Gasteiger partial charge in [0, 0.05) is 0 Å². The minimum absolute atomic E-state index is 0. The molecule has 5 heteroatoms. The van der Waals surface area contributed by atoms with E-state index >= 15 is 0 Å². The molecule has 0 radical (unpaired) electrons. The summed E-state index contributed by atoms with van der Waals surface area (Å²) >= 11 is 0. The predicted octanol–water partition coefficient (Wildman–Crippen LogP) is -2.43. The molecule has 0 aromatic heterocycles. The van der Waals surface area contributed by atoms with Gasteiger partial charge in [-0.05, 0) is 6.08 Å². The maximum atomic E-state index is 11.5. The molecule has 0 aliphatic carbocycles. The Morgan fingerprint density at radius 2 is 2.25 bits per heavy atom. The van der Waals surface area contributed by atoms with Crippen molar-refractivity contribution in [1.82, 2.24) is 0 Å². The van der Waals surface area contributed by atoms with Crippen LogP contribution in [-0.4, -0.2) is 5.91 Å². The Morgan fingerprint density at radius 1 is 1.88 bits per heavy atom. The van der Waals surface area contributed by atoms with Crippen LogP contribution in [0.15, 0.2) is 12.7 Å². The van der Waals surface area contributed by atoms with Crippen molar-refractivity contribution in [2.75, 3.05) is 0 Å². The van der Waals surface area contributed by atoms with Gasteiger partial charge in [-0.25, -0.2) is 0 Å². The van der Waals surface area contributed by atoms with Gasteiger partial charge in [-0.1, -0.05) is 11.1 Å². The van der Waals surface area contributed by atoms with E-state index in [1.165, 1.54) is 0 Å². The summed E-state index contributed by atoms with van der Waals surface area (Å²) in [6, 6.07) is 0. The molecule has 0 aromatic rings. The van der Waals surface area contributed by atoms with E-state index in [0.717, 1.165) is 6.08 Å². The zero-order chi connectivity index (χ0) is 5.86. The SMILES string of the molecule is C=CC(F)[P+](=O)[O-].[K+]. The first-order chi connectivity index (χ1) is 3.18. The number of rotatable bonds is 2. The van der Waals surface area contributed by atoms with Crippen molar-refractivity contribution in [1.29, 1.82) is 0 Å². The van der Waals surface area contributed by atoms with Crippen LogP contribution in [-0.2, 0) is 4.57 Å². The summed E-state index contributed by atoms with van der Waals surface area (Å²) < 4.78 is 21.1. The van der Waals surface area contributed by atoms with Gasteiger partial charge in [-0.3, -0.25) is 0 Å². The standard InChI is InChI=1S/C3H4FO2P.K/c1-2-3(4)7(5)6;/h2-3H,1H2;/q;+1. The van der Waals surface area contributed by atoms with Crippen LogP contribution in [0.25, 0.3) is 0 Å². The summed E-state index contributed by atoms with van der Waals surface area (Å²) in [5.74, 6) is -1.88. The maximum Gasteiger partial charge on any atom is 1.00 e. The molecule has 0 saturated carbocycles. The second-order valence-electron chi connectivity index (χ2n) is 0.894. The number of alkyl halides is 1. The molecule has 0 bridgehead atoms. The summed E-state index contributed by atoms with van der Waals surface area (Å²) in [6.45, 7) is 2.92. The van der Waals surface area contributed by atoms with E-state index in [2.05, 4.69) is 6.58 Å². The Balaban J connectivity index is 0. The average molecular weight is 161 g/mol. The summed E-state index contributed by atoms with van der Waals surface area (Å²) in [5.41, 5.74) is 0. The Morgan fingerprint density at radius 3 is 2.25 bits per heavy atom. The van der Waals surface area contributed by atoms with Crippen molar-refractivity contribution in [2.45, 2.75) is 5.91 Å². The van der Waals surface area contributed by atoms with Gasteiger partial charge in [-0.15, -0.1) is 0 Å². The third-order valence-electron chi connectivity index (χ3n) is 0.396. The van der Waals surface area contributed by atoms with Gasteiger partial charge in [0.15, 0.2) is 0 Å². The van der Waals surface area contributed by atoms with Crippen molar-refractivity contribution in [3.63, 3.8) is 0 Å². The van der Waals surface area contributed by atoms with E-state index in [0.29, 0.717) is 0 Å². The fraction of sp³-hybridized carbons (Fsp3) is 0.333. The Labute approximate surface area is 90.5 Å². The normalized spacial score (nSPS) is 13.5. The molecule has 2 nitrogen and oxygen atoms in total. The summed E-state index contributed by atoms with van der Waals surface area (Å²) in [7, 11) is -2.95. The molecule has 40 valence electrons. The fourth-order valence-electron chi connectivity index (χ4n) is 0.0861. The van der Waals surface area contributed by atoms with Gasteiger partial charge in [0.1, 0.15) is 0 Å². The molecular formula is C3H4FKO2P+. The quantitative estimate of drug-likeness (QED) is 0.257. The minimum Gasteiger partial charge on any atom is -0.593 e. The maximum absolute atomic E-state index is 11.5. The second-order valence-corrected chi connectivity index (χ2v) is 1.96. The molecule has 0 aliphatic rings. The molecule has 8 heavy (non-hydrogen) atoms. The van der Waals surface area contributed by atoms with E-state index < -0.39 is 13.9 Å². The first kappa shape index (κ1) is 12.1.